The van der Waals surface area contributed by atoms with E-state index in [1.54, 1.807) is 0 Å². The van der Waals surface area contributed by atoms with E-state index in [-0.39, 0.29) is 0 Å². The van der Waals surface area contributed by atoms with Crippen molar-refractivity contribution in [2.75, 3.05) is 6.61 Å². The zero-order chi connectivity index (χ0) is 10.1. The molecule has 0 heterocycles. The highest BCUT2D eigenvalue weighted by Gasteiger charge is 2.32. The summed E-state index contributed by atoms with van der Waals surface area (Å²) in [6.07, 6.45) is 8.99. The van der Waals surface area contributed by atoms with Crippen LogP contribution in [0.5, 0.6) is 0 Å². The Morgan fingerprint density at radius 3 is 2.93 bits per heavy atom. The number of rotatable bonds is 3. The quantitative estimate of drug-likeness (QED) is 0.573. The van der Waals surface area contributed by atoms with Crippen LogP contribution in [0.4, 0.5) is 0 Å². The second kappa shape index (κ2) is 4.09. The Hall–Kier alpha value is -0.250. The third-order valence-electron chi connectivity index (χ3n) is 2.60. The van der Waals surface area contributed by atoms with Gasteiger partial charge in [0, 0.05) is 15.8 Å². The van der Waals surface area contributed by atoms with Crippen molar-refractivity contribution in [3.63, 3.8) is 0 Å². The van der Waals surface area contributed by atoms with Crippen molar-refractivity contribution in [2.24, 2.45) is 11.8 Å². The molecular formula is C12H15IO. The summed E-state index contributed by atoms with van der Waals surface area (Å²) >= 11 is 2.39. The SMILES string of the molecule is CC1=CC2C=C(OCC(C)I)[C@H]2C=C1. The predicted molar refractivity (Wildman–Crippen MR) is 67.4 cm³/mol. The van der Waals surface area contributed by atoms with Crippen molar-refractivity contribution in [1.29, 1.82) is 0 Å². The molecule has 2 rings (SSSR count). The molecule has 3 atom stereocenters. The summed E-state index contributed by atoms with van der Waals surface area (Å²) in [5.41, 5.74) is 1.36. The number of halogens is 1. The predicted octanol–water partition coefficient (Wildman–Crippen LogP) is 3.47. The van der Waals surface area contributed by atoms with E-state index >= 15 is 0 Å². The van der Waals surface area contributed by atoms with Crippen LogP contribution in [0.15, 0.2) is 35.6 Å². The molecule has 0 aromatic carbocycles. The molecule has 0 aromatic heterocycles. The first-order valence-corrected chi connectivity index (χ1v) is 6.26. The Morgan fingerprint density at radius 2 is 2.29 bits per heavy atom. The molecule has 0 bridgehead atoms. The molecule has 0 spiro atoms. The van der Waals surface area contributed by atoms with Gasteiger partial charge >= 0.3 is 0 Å². The van der Waals surface area contributed by atoms with Gasteiger partial charge in [0.15, 0.2) is 0 Å². The van der Waals surface area contributed by atoms with Crippen LogP contribution in [0.2, 0.25) is 0 Å². The van der Waals surface area contributed by atoms with Crippen LogP contribution in [0.1, 0.15) is 13.8 Å². The van der Waals surface area contributed by atoms with Crippen molar-refractivity contribution < 1.29 is 4.74 Å². The number of alkyl halides is 1. The normalized spacial score (nSPS) is 31.1. The van der Waals surface area contributed by atoms with E-state index in [4.69, 9.17) is 4.74 Å². The Labute approximate surface area is 99.0 Å². The number of ether oxygens (including phenoxy) is 1. The Balaban J connectivity index is 1.94. The largest absolute Gasteiger partial charge is 0.497 e. The monoisotopic (exact) mass is 302 g/mol. The van der Waals surface area contributed by atoms with Crippen molar-refractivity contribution >= 4 is 22.6 Å². The summed E-state index contributed by atoms with van der Waals surface area (Å²) in [6, 6.07) is 0. The molecule has 76 valence electrons. The minimum absolute atomic E-state index is 0.522. The lowest BCUT2D eigenvalue weighted by Crippen LogP contribution is -2.26. The second-order valence-corrected chi connectivity index (χ2v) is 6.16. The standard InChI is InChI=1S/C12H15IO/c1-8-3-4-11-10(5-8)6-12(11)14-7-9(2)13/h3-6,9-11H,7H2,1-2H3/t9?,10?,11-/m0/s1. The zero-order valence-corrected chi connectivity index (χ0v) is 10.7. The fourth-order valence-electron chi connectivity index (χ4n) is 1.82. The van der Waals surface area contributed by atoms with Gasteiger partial charge in [0.25, 0.3) is 0 Å². The summed E-state index contributed by atoms with van der Waals surface area (Å²) < 4.78 is 6.30. The Morgan fingerprint density at radius 1 is 1.50 bits per heavy atom. The van der Waals surface area contributed by atoms with E-state index < -0.39 is 0 Å². The fraction of sp³-hybridized carbons (Fsp3) is 0.500. The van der Waals surface area contributed by atoms with Crippen LogP contribution >= 0.6 is 22.6 Å². The van der Waals surface area contributed by atoms with Gasteiger partial charge in [-0.2, -0.15) is 0 Å². The molecule has 0 N–H and O–H groups in total. The summed E-state index contributed by atoms with van der Waals surface area (Å²) in [7, 11) is 0. The smallest absolute Gasteiger partial charge is 0.100 e. The van der Waals surface area contributed by atoms with Gasteiger partial charge in [-0.15, -0.1) is 0 Å². The minimum Gasteiger partial charge on any atom is -0.497 e. The molecule has 1 nitrogen and oxygen atoms in total. The highest BCUT2D eigenvalue weighted by Crippen LogP contribution is 2.39. The first-order valence-electron chi connectivity index (χ1n) is 5.02. The average molecular weight is 302 g/mol. The maximum atomic E-state index is 5.72. The molecule has 0 aliphatic heterocycles. The third-order valence-corrected chi connectivity index (χ3v) is 2.96. The molecule has 0 aromatic rings. The zero-order valence-electron chi connectivity index (χ0n) is 8.53. The first-order chi connectivity index (χ1) is 6.66. The molecular weight excluding hydrogens is 287 g/mol. The van der Waals surface area contributed by atoms with E-state index in [1.165, 1.54) is 11.3 Å². The molecule has 0 saturated heterocycles. The van der Waals surface area contributed by atoms with E-state index in [1.807, 2.05) is 0 Å². The van der Waals surface area contributed by atoms with Crippen LogP contribution in [-0.2, 0) is 4.74 Å². The van der Waals surface area contributed by atoms with Gasteiger partial charge in [0.2, 0.25) is 0 Å². The summed E-state index contributed by atoms with van der Waals surface area (Å²) in [5, 5.41) is 0. The molecule has 2 aliphatic rings. The van der Waals surface area contributed by atoms with E-state index in [0.717, 1.165) is 6.61 Å². The van der Waals surface area contributed by atoms with Crippen molar-refractivity contribution in [3.05, 3.63) is 35.6 Å². The molecule has 0 amide bonds. The fourth-order valence-corrected chi connectivity index (χ4v) is 2.00. The van der Waals surface area contributed by atoms with Crippen LogP contribution in [0.25, 0.3) is 0 Å². The van der Waals surface area contributed by atoms with Gasteiger partial charge in [0.05, 0.1) is 6.61 Å². The van der Waals surface area contributed by atoms with Gasteiger partial charge in [-0.3, -0.25) is 0 Å². The molecule has 14 heavy (non-hydrogen) atoms. The number of fused-ring (bicyclic) bond motifs is 1. The van der Waals surface area contributed by atoms with Crippen LogP contribution in [-0.4, -0.2) is 10.5 Å². The van der Waals surface area contributed by atoms with Gasteiger partial charge in [-0.1, -0.05) is 53.3 Å². The molecule has 2 unspecified atom stereocenters. The molecule has 2 aliphatic carbocycles. The number of hydrogen-bond acceptors (Lipinski definition) is 1. The molecule has 0 saturated carbocycles. The summed E-state index contributed by atoms with van der Waals surface area (Å²) in [4.78, 5) is 0. The van der Waals surface area contributed by atoms with Gasteiger partial charge in [0.1, 0.15) is 5.76 Å². The summed E-state index contributed by atoms with van der Waals surface area (Å²) in [6.45, 7) is 5.14. The summed E-state index contributed by atoms with van der Waals surface area (Å²) in [5.74, 6) is 2.28. The van der Waals surface area contributed by atoms with Crippen molar-refractivity contribution in [1.82, 2.24) is 0 Å². The Bertz CT molecular complexity index is 312. The lowest BCUT2D eigenvalue weighted by molar-refractivity contribution is 0.163. The van der Waals surface area contributed by atoms with Gasteiger partial charge < -0.3 is 4.74 Å². The maximum Gasteiger partial charge on any atom is 0.100 e. The van der Waals surface area contributed by atoms with Crippen LogP contribution in [0, 0.1) is 11.8 Å². The van der Waals surface area contributed by atoms with Crippen molar-refractivity contribution in [3.8, 4) is 0 Å². The molecule has 2 heteroatoms. The van der Waals surface area contributed by atoms with Gasteiger partial charge in [-0.05, 0) is 13.0 Å². The topological polar surface area (TPSA) is 9.23 Å². The minimum atomic E-state index is 0.522. The van der Waals surface area contributed by atoms with Crippen LogP contribution < -0.4 is 0 Å². The third kappa shape index (κ3) is 2.05. The maximum absolute atomic E-state index is 5.72. The molecule has 0 fully saturated rings. The van der Waals surface area contributed by atoms with Crippen molar-refractivity contribution in [2.45, 2.75) is 17.8 Å². The van der Waals surface area contributed by atoms with Gasteiger partial charge in [-0.25, -0.2) is 0 Å². The second-order valence-electron chi connectivity index (χ2n) is 4.03. The lowest BCUT2D eigenvalue weighted by atomic mass is 9.76. The number of allylic oxidation sites excluding steroid dienone is 5. The number of hydrogen-bond donors (Lipinski definition) is 0. The van der Waals surface area contributed by atoms with E-state index in [9.17, 15) is 0 Å². The molecule has 0 radical (unpaired) electrons. The highest BCUT2D eigenvalue weighted by atomic mass is 127. The first kappa shape index (κ1) is 10.3. The van der Waals surface area contributed by atoms with Crippen LogP contribution in [0.3, 0.4) is 0 Å². The highest BCUT2D eigenvalue weighted by molar-refractivity contribution is 14.1. The Kier molecular flexibility index (Phi) is 3.00. The van der Waals surface area contributed by atoms with E-state index in [0.29, 0.717) is 15.8 Å². The lowest BCUT2D eigenvalue weighted by Gasteiger charge is -2.34. The average Bonchev–Trinajstić information content (AvgIpc) is 2.08. The van der Waals surface area contributed by atoms with E-state index in [2.05, 4.69) is 60.7 Å².